The summed E-state index contributed by atoms with van der Waals surface area (Å²) >= 11 is 0. The molecule has 0 saturated heterocycles. The van der Waals surface area contributed by atoms with E-state index in [2.05, 4.69) is 49.5 Å². The molecule has 4 nitrogen and oxygen atoms in total. The van der Waals surface area contributed by atoms with Crippen LogP contribution >= 0.6 is 0 Å². The number of furan rings is 1. The van der Waals surface area contributed by atoms with Gasteiger partial charge in [-0.1, -0.05) is 48.5 Å². The molecule has 3 aromatic rings. The Labute approximate surface area is 160 Å². The van der Waals surface area contributed by atoms with E-state index in [9.17, 15) is 4.79 Å². The third-order valence-corrected chi connectivity index (χ3v) is 4.96. The SMILES string of the molecule is Cc1ccc([C@H](C)NC(=O)C[NH2+][C@@H](c2ccccc2)c2ccco2)cc1C. The van der Waals surface area contributed by atoms with Gasteiger partial charge in [-0.2, -0.15) is 0 Å². The van der Waals surface area contributed by atoms with Gasteiger partial charge in [0.2, 0.25) is 0 Å². The monoisotopic (exact) mass is 363 g/mol. The first kappa shape index (κ1) is 18.9. The first-order valence-corrected chi connectivity index (χ1v) is 9.33. The van der Waals surface area contributed by atoms with Gasteiger partial charge in [0, 0.05) is 5.56 Å². The van der Waals surface area contributed by atoms with Gasteiger partial charge in [0.15, 0.2) is 18.3 Å². The third kappa shape index (κ3) is 4.86. The highest BCUT2D eigenvalue weighted by atomic mass is 16.3. The summed E-state index contributed by atoms with van der Waals surface area (Å²) in [4.78, 5) is 12.5. The van der Waals surface area contributed by atoms with Crippen LogP contribution < -0.4 is 10.6 Å². The molecule has 1 heterocycles. The fraction of sp³-hybridized carbons (Fsp3) is 0.261. The smallest absolute Gasteiger partial charge is 0.275 e. The van der Waals surface area contributed by atoms with Gasteiger partial charge in [0.25, 0.3) is 5.91 Å². The van der Waals surface area contributed by atoms with Gasteiger partial charge in [0.1, 0.15) is 0 Å². The number of carbonyl (C=O) groups excluding carboxylic acids is 1. The van der Waals surface area contributed by atoms with Gasteiger partial charge in [-0.3, -0.25) is 4.79 Å². The van der Waals surface area contributed by atoms with E-state index >= 15 is 0 Å². The zero-order chi connectivity index (χ0) is 19.2. The highest BCUT2D eigenvalue weighted by molar-refractivity contribution is 5.77. The third-order valence-electron chi connectivity index (χ3n) is 4.96. The lowest BCUT2D eigenvalue weighted by Crippen LogP contribution is -2.87. The Morgan fingerprint density at radius 2 is 1.78 bits per heavy atom. The summed E-state index contributed by atoms with van der Waals surface area (Å²) in [6.07, 6.45) is 1.67. The molecule has 0 fully saturated rings. The fourth-order valence-electron chi connectivity index (χ4n) is 3.19. The predicted octanol–water partition coefficient (Wildman–Crippen LogP) is 3.43. The number of hydrogen-bond acceptors (Lipinski definition) is 2. The summed E-state index contributed by atoms with van der Waals surface area (Å²) in [6, 6.07) is 20.2. The maximum absolute atomic E-state index is 12.5. The van der Waals surface area contributed by atoms with Gasteiger partial charge in [-0.05, 0) is 49.6 Å². The molecule has 0 unspecified atom stereocenters. The minimum absolute atomic E-state index is 0.00761. The average Bonchev–Trinajstić information content (AvgIpc) is 3.19. The first-order chi connectivity index (χ1) is 13.0. The quantitative estimate of drug-likeness (QED) is 0.676. The van der Waals surface area contributed by atoms with E-state index in [-0.39, 0.29) is 18.0 Å². The molecule has 0 radical (unpaired) electrons. The second-order valence-corrected chi connectivity index (χ2v) is 6.98. The molecule has 1 amide bonds. The second-order valence-electron chi connectivity index (χ2n) is 6.98. The molecule has 140 valence electrons. The van der Waals surface area contributed by atoms with Crippen LogP contribution in [-0.2, 0) is 4.79 Å². The van der Waals surface area contributed by atoms with E-state index in [1.165, 1.54) is 11.1 Å². The number of carbonyl (C=O) groups is 1. The molecular weight excluding hydrogens is 336 g/mol. The fourth-order valence-corrected chi connectivity index (χ4v) is 3.19. The molecule has 0 aliphatic carbocycles. The van der Waals surface area contributed by atoms with Crippen molar-refractivity contribution in [3.05, 3.63) is 94.9 Å². The lowest BCUT2D eigenvalue weighted by molar-refractivity contribution is -0.678. The number of amides is 1. The van der Waals surface area contributed by atoms with Crippen LogP contribution in [0.5, 0.6) is 0 Å². The molecule has 4 heteroatoms. The van der Waals surface area contributed by atoms with Gasteiger partial charge in [-0.25, -0.2) is 0 Å². The van der Waals surface area contributed by atoms with Crippen molar-refractivity contribution in [1.82, 2.24) is 5.32 Å². The van der Waals surface area contributed by atoms with Crippen molar-refractivity contribution in [3.63, 3.8) is 0 Å². The summed E-state index contributed by atoms with van der Waals surface area (Å²) in [5.41, 5.74) is 4.73. The number of hydrogen-bond donors (Lipinski definition) is 2. The second kappa shape index (κ2) is 8.69. The van der Waals surface area contributed by atoms with E-state index in [1.807, 2.05) is 42.6 Å². The maximum atomic E-state index is 12.5. The summed E-state index contributed by atoms with van der Waals surface area (Å²) in [5.74, 6) is 0.851. The standard InChI is InChI=1S/C23H26N2O2/c1-16-11-12-20(14-17(16)2)18(3)25-22(26)15-24-23(21-10-7-13-27-21)19-8-5-4-6-9-19/h4-14,18,23-24H,15H2,1-3H3,(H,25,26)/p+1/t18-,23-/m0/s1. The van der Waals surface area contributed by atoms with E-state index < -0.39 is 0 Å². The molecule has 3 rings (SSSR count). The number of benzene rings is 2. The zero-order valence-corrected chi connectivity index (χ0v) is 16.1. The summed E-state index contributed by atoms with van der Waals surface area (Å²) in [7, 11) is 0. The lowest BCUT2D eigenvalue weighted by atomic mass is 10.0. The molecule has 0 saturated carbocycles. The topological polar surface area (TPSA) is 58.9 Å². The Bertz CT molecular complexity index is 873. The molecule has 0 aliphatic rings. The minimum Gasteiger partial charge on any atom is -0.463 e. The number of nitrogens with two attached hydrogens (primary N) is 1. The van der Waals surface area contributed by atoms with Crippen LogP contribution in [0.15, 0.2) is 71.3 Å². The number of quaternary nitrogens is 1. The molecule has 0 spiro atoms. The molecule has 2 aromatic carbocycles. The van der Waals surface area contributed by atoms with Crippen molar-refractivity contribution in [1.29, 1.82) is 0 Å². The molecule has 0 bridgehead atoms. The Kier molecular flexibility index (Phi) is 6.09. The lowest BCUT2D eigenvalue weighted by Gasteiger charge is -2.17. The largest absolute Gasteiger partial charge is 0.463 e. The van der Waals surface area contributed by atoms with Crippen molar-refractivity contribution in [2.24, 2.45) is 0 Å². The maximum Gasteiger partial charge on any atom is 0.275 e. The predicted molar refractivity (Wildman–Crippen MR) is 106 cm³/mol. The number of rotatable bonds is 7. The summed E-state index contributed by atoms with van der Waals surface area (Å²) in [5, 5.41) is 5.10. The van der Waals surface area contributed by atoms with Gasteiger partial charge >= 0.3 is 0 Å². The van der Waals surface area contributed by atoms with Crippen molar-refractivity contribution in [3.8, 4) is 0 Å². The van der Waals surface area contributed by atoms with Crippen LogP contribution in [0.25, 0.3) is 0 Å². The zero-order valence-electron chi connectivity index (χ0n) is 16.1. The van der Waals surface area contributed by atoms with E-state index in [4.69, 9.17) is 4.42 Å². The van der Waals surface area contributed by atoms with Crippen molar-refractivity contribution in [2.75, 3.05) is 6.54 Å². The van der Waals surface area contributed by atoms with E-state index in [1.54, 1.807) is 6.26 Å². The van der Waals surface area contributed by atoms with Crippen molar-refractivity contribution < 1.29 is 14.5 Å². The summed E-state index contributed by atoms with van der Waals surface area (Å²) in [6.45, 7) is 6.53. The molecule has 3 N–H and O–H groups in total. The van der Waals surface area contributed by atoms with Gasteiger partial charge in [-0.15, -0.1) is 0 Å². The number of aryl methyl sites for hydroxylation is 2. The van der Waals surface area contributed by atoms with Gasteiger partial charge < -0.3 is 15.1 Å². The first-order valence-electron chi connectivity index (χ1n) is 9.33. The van der Waals surface area contributed by atoms with Crippen LogP contribution in [0.2, 0.25) is 0 Å². The summed E-state index contributed by atoms with van der Waals surface area (Å²) < 4.78 is 5.59. The Morgan fingerprint density at radius 3 is 2.44 bits per heavy atom. The molecule has 2 atom stereocenters. The average molecular weight is 363 g/mol. The Balaban J connectivity index is 1.63. The minimum atomic E-state index is -0.0381. The van der Waals surface area contributed by atoms with Crippen LogP contribution in [-0.4, -0.2) is 12.5 Å². The van der Waals surface area contributed by atoms with Crippen LogP contribution in [0, 0.1) is 13.8 Å². The van der Waals surface area contributed by atoms with Crippen molar-refractivity contribution in [2.45, 2.75) is 32.9 Å². The van der Waals surface area contributed by atoms with E-state index in [0.29, 0.717) is 6.54 Å². The molecular formula is C23H27N2O2+. The molecule has 0 aliphatic heterocycles. The van der Waals surface area contributed by atoms with Crippen LogP contribution in [0.4, 0.5) is 0 Å². The normalized spacial score (nSPS) is 13.1. The van der Waals surface area contributed by atoms with Crippen molar-refractivity contribution >= 4 is 5.91 Å². The van der Waals surface area contributed by atoms with Gasteiger partial charge in [0.05, 0.1) is 12.3 Å². The van der Waals surface area contributed by atoms with Crippen LogP contribution in [0.1, 0.15) is 47.0 Å². The van der Waals surface area contributed by atoms with Crippen LogP contribution in [0.3, 0.4) is 0 Å². The highest BCUT2D eigenvalue weighted by Crippen LogP contribution is 2.19. The Morgan fingerprint density at radius 1 is 1.00 bits per heavy atom. The highest BCUT2D eigenvalue weighted by Gasteiger charge is 2.22. The van der Waals surface area contributed by atoms with E-state index in [0.717, 1.165) is 16.9 Å². The molecule has 27 heavy (non-hydrogen) atoms. The Hall–Kier alpha value is -2.85. The molecule has 1 aromatic heterocycles. The number of nitrogens with one attached hydrogen (secondary N) is 1.